The van der Waals surface area contributed by atoms with Crippen LogP contribution in [0, 0.1) is 11.6 Å². The topological polar surface area (TPSA) is 85.4 Å². The molecule has 1 aromatic carbocycles. The summed E-state index contributed by atoms with van der Waals surface area (Å²) in [6.45, 7) is 8.48. The molecule has 0 bridgehead atoms. The number of aromatic nitrogens is 1. The SMILES string of the molecule is CC.CC.CO.NC(=O)c1cc(-c2ccc(F)cc2F)c2c(n1)OCCC2. The summed E-state index contributed by atoms with van der Waals surface area (Å²) in [6, 6.07) is 4.72. The predicted molar refractivity (Wildman–Crippen MR) is 103 cm³/mol. The first-order valence-electron chi connectivity index (χ1n) is 8.93. The van der Waals surface area contributed by atoms with Crippen molar-refractivity contribution >= 4 is 5.91 Å². The number of hydrogen-bond acceptors (Lipinski definition) is 4. The Kier molecular flexibility index (Phi) is 11.6. The second-order valence-electron chi connectivity index (χ2n) is 4.78. The average molecular weight is 382 g/mol. The summed E-state index contributed by atoms with van der Waals surface area (Å²) in [5, 5.41) is 7.00. The normalized spacial score (nSPS) is 11.1. The summed E-state index contributed by atoms with van der Waals surface area (Å²) in [5.41, 5.74) is 6.61. The Balaban J connectivity index is 0.00000103. The average Bonchev–Trinajstić information content (AvgIpc) is 2.72. The molecule has 1 amide bonds. The van der Waals surface area contributed by atoms with Crippen LogP contribution in [-0.4, -0.2) is 29.7 Å². The summed E-state index contributed by atoms with van der Waals surface area (Å²) in [6.07, 6.45) is 1.41. The number of nitrogens with zero attached hydrogens (tertiary/aromatic N) is 1. The van der Waals surface area contributed by atoms with E-state index >= 15 is 0 Å². The highest BCUT2D eigenvalue weighted by Crippen LogP contribution is 2.35. The van der Waals surface area contributed by atoms with Gasteiger partial charge in [0.2, 0.25) is 5.88 Å². The minimum Gasteiger partial charge on any atom is -0.477 e. The molecule has 0 atom stereocenters. The highest BCUT2D eigenvalue weighted by molar-refractivity contribution is 5.93. The molecule has 27 heavy (non-hydrogen) atoms. The van der Waals surface area contributed by atoms with E-state index in [-0.39, 0.29) is 17.1 Å². The summed E-state index contributed by atoms with van der Waals surface area (Å²) < 4.78 is 32.5. The summed E-state index contributed by atoms with van der Waals surface area (Å²) in [4.78, 5) is 15.4. The first-order chi connectivity index (χ1) is 13.1. The Morgan fingerprint density at radius 2 is 1.74 bits per heavy atom. The molecule has 0 saturated carbocycles. The van der Waals surface area contributed by atoms with Crippen LogP contribution in [0.25, 0.3) is 11.1 Å². The zero-order valence-corrected chi connectivity index (χ0v) is 16.5. The van der Waals surface area contributed by atoms with Gasteiger partial charge in [-0.05, 0) is 36.6 Å². The van der Waals surface area contributed by atoms with Gasteiger partial charge in [0.25, 0.3) is 5.91 Å². The van der Waals surface area contributed by atoms with Crippen molar-refractivity contribution < 1.29 is 23.4 Å². The number of fused-ring (bicyclic) bond motifs is 1. The first-order valence-corrected chi connectivity index (χ1v) is 8.93. The number of carbonyl (C=O) groups is 1. The van der Waals surface area contributed by atoms with Gasteiger partial charge in [-0.1, -0.05) is 27.7 Å². The third kappa shape index (κ3) is 6.29. The lowest BCUT2D eigenvalue weighted by Gasteiger charge is -2.20. The number of carbonyl (C=O) groups excluding carboxylic acids is 1. The molecule has 5 nitrogen and oxygen atoms in total. The van der Waals surface area contributed by atoms with E-state index in [1.807, 2.05) is 27.7 Å². The monoisotopic (exact) mass is 382 g/mol. The fraction of sp³-hybridized carbons (Fsp3) is 0.400. The van der Waals surface area contributed by atoms with Gasteiger partial charge in [-0.25, -0.2) is 13.8 Å². The van der Waals surface area contributed by atoms with Crippen molar-refractivity contribution in [3.63, 3.8) is 0 Å². The molecule has 1 aliphatic rings. The van der Waals surface area contributed by atoms with E-state index < -0.39 is 17.5 Å². The molecule has 3 rings (SSSR count). The summed E-state index contributed by atoms with van der Waals surface area (Å²) >= 11 is 0. The van der Waals surface area contributed by atoms with E-state index in [9.17, 15) is 13.6 Å². The van der Waals surface area contributed by atoms with Crippen LogP contribution in [0.5, 0.6) is 5.88 Å². The third-order valence-corrected chi connectivity index (χ3v) is 3.37. The number of nitrogens with two attached hydrogens (primary N) is 1. The van der Waals surface area contributed by atoms with Crippen molar-refractivity contribution in [3.05, 3.63) is 47.2 Å². The van der Waals surface area contributed by atoms with Crippen LogP contribution in [-0.2, 0) is 6.42 Å². The molecule has 1 aromatic heterocycles. The number of ether oxygens (including phenoxy) is 1. The van der Waals surface area contributed by atoms with Gasteiger partial charge < -0.3 is 15.6 Å². The molecule has 7 heteroatoms. The Morgan fingerprint density at radius 1 is 1.11 bits per heavy atom. The molecule has 1 aliphatic heterocycles. The molecule has 0 aliphatic carbocycles. The Labute approximate surface area is 159 Å². The summed E-state index contributed by atoms with van der Waals surface area (Å²) in [5.74, 6) is -1.80. The highest BCUT2D eigenvalue weighted by atomic mass is 19.1. The maximum absolute atomic E-state index is 14.0. The molecule has 0 spiro atoms. The lowest BCUT2D eigenvalue weighted by atomic mass is 9.95. The number of halogens is 2. The minimum atomic E-state index is -0.726. The number of rotatable bonds is 2. The number of pyridine rings is 1. The Morgan fingerprint density at radius 3 is 2.30 bits per heavy atom. The van der Waals surface area contributed by atoms with E-state index in [2.05, 4.69) is 4.98 Å². The van der Waals surface area contributed by atoms with Crippen molar-refractivity contribution in [1.82, 2.24) is 4.98 Å². The molecular weight excluding hydrogens is 354 g/mol. The quantitative estimate of drug-likeness (QED) is 0.818. The molecular formula is C20H28F2N2O3. The molecule has 2 aromatic rings. The fourth-order valence-electron chi connectivity index (χ4n) is 2.40. The van der Waals surface area contributed by atoms with Gasteiger partial charge in [0.15, 0.2) is 0 Å². The van der Waals surface area contributed by atoms with Crippen LogP contribution in [0.3, 0.4) is 0 Å². The van der Waals surface area contributed by atoms with E-state index in [1.165, 1.54) is 18.2 Å². The lowest BCUT2D eigenvalue weighted by molar-refractivity contribution is 0.0994. The van der Waals surface area contributed by atoms with E-state index in [0.717, 1.165) is 19.6 Å². The molecule has 0 radical (unpaired) electrons. The van der Waals surface area contributed by atoms with E-state index in [4.69, 9.17) is 15.6 Å². The van der Waals surface area contributed by atoms with Crippen LogP contribution >= 0.6 is 0 Å². The number of hydrogen-bond donors (Lipinski definition) is 2. The molecule has 0 saturated heterocycles. The van der Waals surface area contributed by atoms with Gasteiger partial charge in [0.1, 0.15) is 17.3 Å². The predicted octanol–water partition coefficient (Wildman–Crippen LogP) is 4.11. The van der Waals surface area contributed by atoms with Crippen LogP contribution in [0.15, 0.2) is 24.3 Å². The lowest BCUT2D eigenvalue weighted by Crippen LogP contribution is -2.18. The van der Waals surface area contributed by atoms with Gasteiger partial charge >= 0.3 is 0 Å². The fourth-order valence-corrected chi connectivity index (χ4v) is 2.40. The first kappa shape index (κ1) is 24.5. The van der Waals surface area contributed by atoms with Crippen molar-refractivity contribution in [2.24, 2.45) is 5.73 Å². The zero-order chi connectivity index (χ0) is 21.0. The Hall–Kier alpha value is -2.54. The summed E-state index contributed by atoms with van der Waals surface area (Å²) in [7, 11) is 1.00. The van der Waals surface area contributed by atoms with Crippen LogP contribution in [0.1, 0.15) is 50.2 Å². The minimum absolute atomic E-state index is 0.00521. The standard InChI is InChI=1S/C15H12F2N2O2.2C2H6.CH4O/c16-8-3-4-9(12(17)6-8)11-7-13(14(18)20)19-15-10(11)2-1-5-21-15;3*1-2/h3-4,6-7H,1-2,5H2,(H2,18,20);2*1-2H3;2H,1H3. The molecule has 0 fully saturated rings. The van der Waals surface area contributed by atoms with Crippen LogP contribution in [0.4, 0.5) is 8.78 Å². The van der Waals surface area contributed by atoms with E-state index in [1.54, 1.807) is 0 Å². The number of aliphatic hydroxyl groups is 1. The van der Waals surface area contributed by atoms with Crippen molar-refractivity contribution in [3.8, 4) is 17.0 Å². The second kappa shape index (κ2) is 12.8. The smallest absolute Gasteiger partial charge is 0.267 e. The Bertz CT molecular complexity index is 737. The zero-order valence-electron chi connectivity index (χ0n) is 16.5. The highest BCUT2D eigenvalue weighted by Gasteiger charge is 2.22. The molecule has 2 heterocycles. The number of benzene rings is 1. The van der Waals surface area contributed by atoms with Gasteiger partial charge in [-0.3, -0.25) is 4.79 Å². The van der Waals surface area contributed by atoms with Crippen molar-refractivity contribution in [1.29, 1.82) is 0 Å². The number of aliphatic hydroxyl groups excluding tert-OH is 1. The van der Waals surface area contributed by atoms with Gasteiger partial charge in [0.05, 0.1) is 6.61 Å². The number of amides is 1. The molecule has 3 N–H and O–H groups in total. The van der Waals surface area contributed by atoms with Crippen LogP contribution in [0.2, 0.25) is 0 Å². The van der Waals surface area contributed by atoms with Crippen LogP contribution < -0.4 is 10.5 Å². The van der Waals surface area contributed by atoms with Crippen molar-refractivity contribution in [2.75, 3.05) is 13.7 Å². The van der Waals surface area contributed by atoms with E-state index in [0.29, 0.717) is 24.2 Å². The largest absolute Gasteiger partial charge is 0.477 e. The third-order valence-electron chi connectivity index (χ3n) is 3.37. The molecule has 0 unspecified atom stereocenters. The maximum atomic E-state index is 14.0. The molecule has 150 valence electrons. The maximum Gasteiger partial charge on any atom is 0.267 e. The van der Waals surface area contributed by atoms with Crippen molar-refractivity contribution in [2.45, 2.75) is 40.5 Å². The van der Waals surface area contributed by atoms with Gasteiger partial charge in [0, 0.05) is 24.3 Å². The second-order valence-corrected chi connectivity index (χ2v) is 4.78. The number of primary amides is 1. The van der Waals surface area contributed by atoms with Gasteiger partial charge in [-0.2, -0.15) is 0 Å². The van der Waals surface area contributed by atoms with Gasteiger partial charge in [-0.15, -0.1) is 0 Å².